The van der Waals surface area contributed by atoms with E-state index in [1.54, 1.807) is 40.7 Å². The van der Waals surface area contributed by atoms with Crippen LogP contribution < -0.4 is 4.72 Å². The van der Waals surface area contributed by atoms with Gasteiger partial charge < -0.3 is 0 Å². The number of alkyl halides is 3. The van der Waals surface area contributed by atoms with Gasteiger partial charge in [0.1, 0.15) is 0 Å². The molecule has 0 fully saturated rings. The van der Waals surface area contributed by atoms with Crippen molar-refractivity contribution in [1.29, 1.82) is 0 Å². The number of benzene rings is 1. The molecule has 1 heterocycles. The SMILES string of the molecule is CC[C@H]1C[C@H](NS(=O)(=O)C(F)(F)F)c2ccccc2S1. The summed E-state index contributed by atoms with van der Waals surface area (Å²) in [4.78, 5) is 0.834. The number of nitrogens with one attached hydrogen (secondary N) is 1. The first kappa shape index (κ1) is 15.7. The highest BCUT2D eigenvalue weighted by Gasteiger charge is 2.47. The van der Waals surface area contributed by atoms with E-state index in [0.717, 1.165) is 11.3 Å². The minimum Gasteiger partial charge on any atom is -0.203 e. The van der Waals surface area contributed by atoms with Crippen molar-refractivity contribution in [1.82, 2.24) is 4.72 Å². The smallest absolute Gasteiger partial charge is 0.203 e. The van der Waals surface area contributed by atoms with Gasteiger partial charge in [-0.15, -0.1) is 11.8 Å². The quantitative estimate of drug-likeness (QED) is 0.926. The maximum atomic E-state index is 12.5. The molecule has 3 nitrogen and oxygen atoms in total. The molecule has 0 aliphatic carbocycles. The topological polar surface area (TPSA) is 46.2 Å². The van der Waals surface area contributed by atoms with Gasteiger partial charge >= 0.3 is 15.5 Å². The zero-order valence-corrected chi connectivity index (χ0v) is 12.3. The van der Waals surface area contributed by atoms with Crippen LogP contribution in [0.25, 0.3) is 0 Å². The number of thioether (sulfide) groups is 1. The molecule has 0 amide bonds. The summed E-state index contributed by atoms with van der Waals surface area (Å²) in [5, 5.41) is 0.103. The van der Waals surface area contributed by atoms with E-state index in [0.29, 0.717) is 12.0 Å². The molecule has 112 valence electrons. The van der Waals surface area contributed by atoms with Gasteiger partial charge in [0.25, 0.3) is 0 Å². The van der Waals surface area contributed by atoms with Gasteiger partial charge in [0, 0.05) is 16.2 Å². The van der Waals surface area contributed by atoms with Crippen LogP contribution >= 0.6 is 11.8 Å². The molecular weight excluding hydrogens is 311 g/mol. The summed E-state index contributed by atoms with van der Waals surface area (Å²) in [7, 11) is -5.33. The summed E-state index contributed by atoms with van der Waals surface area (Å²) in [6, 6.07) is 6.12. The van der Waals surface area contributed by atoms with E-state index in [1.165, 1.54) is 0 Å². The Morgan fingerprint density at radius 1 is 1.35 bits per heavy atom. The summed E-state index contributed by atoms with van der Waals surface area (Å²) in [6.45, 7) is 1.93. The van der Waals surface area contributed by atoms with E-state index in [9.17, 15) is 21.6 Å². The van der Waals surface area contributed by atoms with Gasteiger partial charge in [0.05, 0.1) is 0 Å². The predicted octanol–water partition coefficient (Wildman–Crippen LogP) is 3.44. The second-order valence-corrected chi connectivity index (χ2v) is 7.59. The van der Waals surface area contributed by atoms with Crippen LogP contribution in [0.15, 0.2) is 29.2 Å². The number of hydrogen-bond donors (Lipinski definition) is 1. The largest absolute Gasteiger partial charge is 0.511 e. The fourth-order valence-corrected chi connectivity index (χ4v) is 4.16. The standard InChI is InChI=1S/C12H14F3NO2S2/c1-2-8-7-10(16-20(17,18)12(13,14)15)9-5-3-4-6-11(9)19-8/h3-6,8,10,16H,2,7H2,1H3/t8-,10-/m0/s1. The highest BCUT2D eigenvalue weighted by Crippen LogP contribution is 2.42. The average molecular weight is 325 g/mol. The van der Waals surface area contributed by atoms with Gasteiger partial charge in [-0.05, 0) is 24.5 Å². The van der Waals surface area contributed by atoms with Crippen molar-refractivity contribution in [2.75, 3.05) is 0 Å². The van der Waals surface area contributed by atoms with Crippen molar-refractivity contribution in [3.63, 3.8) is 0 Å². The molecule has 0 unspecified atom stereocenters. The minimum atomic E-state index is -5.33. The summed E-state index contributed by atoms with van der Waals surface area (Å²) >= 11 is 1.58. The van der Waals surface area contributed by atoms with Crippen LogP contribution in [0.1, 0.15) is 31.4 Å². The molecule has 1 aliphatic rings. The lowest BCUT2D eigenvalue weighted by molar-refractivity contribution is -0.0451. The molecular formula is C12H14F3NO2S2. The average Bonchev–Trinajstić information content (AvgIpc) is 2.36. The molecule has 20 heavy (non-hydrogen) atoms. The van der Waals surface area contributed by atoms with Crippen molar-refractivity contribution in [3.05, 3.63) is 29.8 Å². The van der Waals surface area contributed by atoms with Crippen LogP contribution in [-0.2, 0) is 10.0 Å². The van der Waals surface area contributed by atoms with Crippen LogP contribution in [0.2, 0.25) is 0 Å². The molecule has 0 radical (unpaired) electrons. The first-order valence-electron chi connectivity index (χ1n) is 6.08. The molecule has 1 N–H and O–H groups in total. The number of fused-ring (bicyclic) bond motifs is 1. The molecule has 8 heteroatoms. The van der Waals surface area contributed by atoms with E-state index in [1.807, 2.05) is 6.92 Å². The number of sulfonamides is 1. The Labute approximate surface area is 120 Å². The van der Waals surface area contributed by atoms with Gasteiger partial charge in [0.2, 0.25) is 0 Å². The maximum Gasteiger partial charge on any atom is 0.511 e. The zero-order valence-electron chi connectivity index (χ0n) is 10.6. The van der Waals surface area contributed by atoms with E-state index < -0.39 is 21.6 Å². The van der Waals surface area contributed by atoms with Crippen molar-refractivity contribution in [2.45, 2.75) is 41.5 Å². The Bertz CT molecular complexity index is 587. The predicted molar refractivity (Wildman–Crippen MR) is 71.8 cm³/mol. The van der Waals surface area contributed by atoms with E-state index in [2.05, 4.69) is 0 Å². The Morgan fingerprint density at radius 3 is 2.60 bits per heavy atom. The van der Waals surface area contributed by atoms with Crippen LogP contribution in [-0.4, -0.2) is 19.2 Å². The molecule has 1 aromatic carbocycles. The number of halogens is 3. The Balaban J connectivity index is 2.32. The Morgan fingerprint density at radius 2 is 2.00 bits per heavy atom. The highest BCUT2D eigenvalue weighted by atomic mass is 32.2. The van der Waals surface area contributed by atoms with Gasteiger partial charge in [0.15, 0.2) is 0 Å². The van der Waals surface area contributed by atoms with Gasteiger partial charge in [-0.1, -0.05) is 25.1 Å². The Kier molecular flexibility index (Phi) is 4.36. The zero-order chi connectivity index (χ0) is 15.0. The summed E-state index contributed by atoms with van der Waals surface area (Å²) in [5.74, 6) is 0. The Hall–Kier alpha value is -0.730. The fourth-order valence-electron chi connectivity index (χ4n) is 2.11. The molecule has 1 aliphatic heterocycles. The third kappa shape index (κ3) is 3.12. The number of rotatable bonds is 3. The summed E-state index contributed by atoms with van der Waals surface area (Å²) in [5.41, 5.74) is -4.68. The molecule has 1 aromatic rings. The van der Waals surface area contributed by atoms with Crippen molar-refractivity contribution >= 4 is 21.8 Å². The minimum absolute atomic E-state index is 0.103. The van der Waals surface area contributed by atoms with Gasteiger partial charge in [-0.25, -0.2) is 8.42 Å². The molecule has 2 rings (SSSR count). The first-order valence-corrected chi connectivity index (χ1v) is 8.45. The summed E-state index contributed by atoms with van der Waals surface area (Å²) < 4.78 is 61.8. The first-order chi connectivity index (χ1) is 9.24. The second kappa shape index (κ2) is 5.57. The van der Waals surface area contributed by atoms with E-state index in [4.69, 9.17) is 0 Å². The fraction of sp³-hybridized carbons (Fsp3) is 0.500. The molecule has 2 atom stereocenters. The third-order valence-corrected chi connectivity index (χ3v) is 5.83. The van der Waals surface area contributed by atoms with Gasteiger partial charge in [-0.2, -0.15) is 17.9 Å². The monoisotopic (exact) mass is 325 g/mol. The van der Waals surface area contributed by atoms with Crippen molar-refractivity contribution < 1.29 is 21.6 Å². The second-order valence-electron chi connectivity index (χ2n) is 4.54. The van der Waals surface area contributed by atoms with E-state index >= 15 is 0 Å². The van der Waals surface area contributed by atoms with Crippen LogP contribution in [0.3, 0.4) is 0 Å². The normalized spacial score (nSPS) is 23.4. The lowest BCUT2D eigenvalue weighted by Gasteiger charge is -2.31. The summed E-state index contributed by atoms with van der Waals surface area (Å²) in [6.07, 6.45) is 1.12. The lowest BCUT2D eigenvalue weighted by Crippen LogP contribution is -2.40. The maximum absolute atomic E-state index is 12.5. The molecule has 0 spiro atoms. The molecule has 0 bridgehead atoms. The lowest BCUT2D eigenvalue weighted by atomic mass is 10.0. The molecule has 0 saturated carbocycles. The highest BCUT2D eigenvalue weighted by molar-refractivity contribution is 8.00. The van der Waals surface area contributed by atoms with Crippen molar-refractivity contribution in [3.8, 4) is 0 Å². The van der Waals surface area contributed by atoms with Crippen LogP contribution in [0.5, 0.6) is 0 Å². The van der Waals surface area contributed by atoms with Gasteiger partial charge in [-0.3, -0.25) is 0 Å². The molecule has 0 saturated heterocycles. The molecule has 0 aromatic heterocycles. The number of hydrogen-bond acceptors (Lipinski definition) is 3. The van der Waals surface area contributed by atoms with Crippen LogP contribution in [0, 0.1) is 0 Å². The third-order valence-electron chi connectivity index (χ3n) is 3.14. The van der Waals surface area contributed by atoms with Crippen LogP contribution in [0.4, 0.5) is 13.2 Å². The van der Waals surface area contributed by atoms with E-state index in [-0.39, 0.29) is 5.25 Å². The van der Waals surface area contributed by atoms with Crippen molar-refractivity contribution in [2.24, 2.45) is 0 Å².